The second-order valence-electron chi connectivity index (χ2n) is 12.6. The minimum Gasteiger partial charge on any atom is -0.394 e. The molecule has 224 valence electrons. The molecule has 0 saturated heterocycles. The molecule has 0 aromatic heterocycles. The summed E-state index contributed by atoms with van der Waals surface area (Å²) >= 11 is 0. The van der Waals surface area contributed by atoms with Crippen molar-refractivity contribution in [2.75, 3.05) is 0 Å². The van der Waals surface area contributed by atoms with Gasteiger partial charge in [0, 0.05) is 27.7 Å². The maximum atomic E-state index is 14.1. The first-order valence-electron chi connectivity index (χ1n) is 15.9. The fraction of sp³-hybridized carbons (Fsp3) is 0.122. The molecule has 3 aliphatic rings. The molecule has 1 heterocycles. The summed E-state index contributed by atoms with van der Waals surface area (Å²) in [6.07, 6.45) is 3.55. The normalized spacial score (nSPS) is 16.4. The number of hydrogen-bond donors (Lipinski definition) is 1. The molecule has 2 aliphatic carbocycles. The molecular weight excluding hydrogens is 587 g/mol. The Labute approximate surface area is 268 Å². The molecule has 4 nitrogen and oxygen atoms in total. The van der Waals surface area contributed by atoms with Crippen LogP contribution in [0.3, 0.4) is 0 Å². The first-order valence-corrected chi connectivity index (χ1v) is 17.4. The van der Waals surface area contributed by atoms with Crippen molar-refractivity contribution in [2.24, 2.45) is 0 Å². The van der Waals surface area contributed by atoms with Crippen molar-refractivity contribution in [3.63, 3.8) is 0 Å². The van der Waals surface area contributed by atoms with Gasteiger partial charge < -0.3 is 9.05 Å². The van der Waals surface area contributed by atoms with Crippen LogP contribution in [-0.4, -0.2) is 4.89 Å². The van der Waals surface area contributed by atoms with E-state index in [-0.39, 0.29) is 5.41 Å². The summed E-state index contributed by atoms with van der Waals surface area (Å²) in [7, 11) is -4.60. The minimum atomic E-state index is -4.60. The summed E-state index contributed by atoms with van der Waals surface area (Å²) in [5.74, 6) is 0.946. The van der Waals surface area contributed by atoms with Crippen LogP contribution in [0.15, 0.2) is 133 Å². The molecule has 1 N–H and O–H groups in total. The summed E-state index contributed by atoms with van der Waals surface area (Å²) < 4.78 is 26.5. The van der Waals surface area contributed by atoms with Crippen LogP contribution in [-0.2, 0) is 22.8 Å². The van der Waals surface area contributed by atoms with Crippen LogP contribution in [0.4, 0.5) is 0 Å². The summed E-state index contributed by atoms with van der Waals surface area (Å²) in [6, 6.07) is 45.6. The van der Waals surface area contributed by atoms with Crippen molar-refractivity contribution in [3.8, 4) is 56.0 Å². The molecule has 1 spiro atoms. The van der Waals surface area contributed by atoms with Crippen LogP contribution in [0.2, 0.25) is 0 Å². The zero-order valence-electron chi connectivity index (χ0n) is 25.1. The maximum Gasteiger partial charge on any atom is 0.584 e. The van der Waals surface area contributed by atoms with E-state index in [1.165, 1.54) is 11.1 Å². The van der Waals surface area contributed by atoms with Gasteiger partial charge in [-0.25, -0.2) is 4.57 Å². The van der Waals surface area contributed by atoms with Gasteiger partial charge in [-0.3, -0.25) is 4.89 Å². The molecule has 6 aromatic carbocycles. The van der Waals surface area contributed by atoms with Gasteiger partial charge in [-0.2, -0.15) is 0 Å². The number of rotatable bonds is 4. The summed E-state index contributed by atoms with van der Waals surface area (Å²) in [6.45, 7) is 0. The lowest BCUT2D eigenvalue weighted by Crippen LogP contribution is -2.25. The van der Waals surface area contributed by atoms with Gasteiger partial charge in [0.15, 0.2) is 0 Å². The topological polar surface area (TPSA) is 55.8 Å². The predicted molar refractivity (Wildman–Crippen MR) is 183 cm³/mol. The van der Waals surface area contributed by atoms with E-state index in [9.17, 15) is 9.46 Å². The molecular formula is C41H31O4P. The largest absolute Gasteiger partial charge is 0.584 e. The van der Waals surface area contributed by atoms with Crippen molar-refractivity contribution in [2.45, 2.75) is 31.1 Å². The van der Waals surface area contributed by atoms with Crippen LogP contribution in [0.1, 0.15) is 35.1 Å². The number of phosphoric ester groups is 1. The molecule has 1 aliphatic heterocycles. The van der Waals surface area contributed by atoms with Gasteiger partial charge in [0.1, 0.15) is 11.5 Å². The van der Waals surface area contributed by atoms with Crippen LogP contribution >= 0.6 is 7.82 Å². The first-order chi connectivity index (χ1) is 22.5. The van der Waals surface area contributed by atoms with E-state index in [1.54, 1.807) is 0 Å². The quantitative estimate of drug-likeness (QED) is 0.200. The highest BCUT2D eigenvalue weighted by atomic mass is 31.2. The minimum absolute atomic E-state index is 0.365. The zero-order valence-corrected chi connectivity index (χ0v) is 26.0. The van der Waals surface area contributed by atoms with E-state index < -0.39 is 7.82 Å². The van der Waals surface area contributed by atoms with Gasteiger partial charge in [-0.1, -0.05) is 121 Å². The van der Waals surface area contributed by atoms with Crippen LogP contribution in [0.25, 0.3) is 44.5 Å². The van der Waals surface area contributed by atoms with Gasteiger partial charge in [-0.15, -0.1) is 0 Å². The third-order valence-electron chi connectivity index (χ3n) is 10.1. The van der Waals surface area contributed by atoms with E-state index in [0.29, 0.717) is 11.5 Å². The Kier molecular flexibility index (Phi) is 6.15. The highest BCUT2D eigenvalue weighted by molar-refractivity contribution is 7.48. The number of benzene rings is 6. The first kappa shape index (κ1) is 27.4. The number of phosphoric acid groups is 1. The molecule has 5 heteroatoms. The van der Waals surface area contributed by atoms with Crippen molar-refractivity contribution in [1.29, 1.82) is 0 Å². The lowest BCUT2D eigenvalue weighted by molar-refractivity contribution is 0.281. The third kappa shape index (κ3) is 4.29. The fourth-order valence-electron chi connectivity index (χ4n) is 8.05. The Morgan fingerprint density at radius 2 is 0.913 bits per heavy atom. The third-order valence-corrected chi connectivity index (χ3v) is 10.9. The fourth-order valence-corrected chi connectivity index (χ4v) is 8.92. The van der Waals surface area contributed by atoms with Gasteiger partial charge >= 0.3 is 7.82 Å². The lowest BCUT2D eigenvalue weighted by atomic mass is 9.74. The lowest BCUT2D eigenvalue weighted by Gasteiger charge is -2.34. The Morgan fingerprint density at radius 1 is 0.500 bits per heavy atom. The molecule has 0 fully saturated rings. The Bertz CT molecular complexity index is 2050. The highest BCUT2D eigenvalue weighted by Crippen LogP contribution is 2.65. The summed E-state index contributed by atoms with van der Waals surface area (Å²) in [5, 5.41) is 0. The van der Waals surface area contributed by atoms with E-state index in [2.05, 4.69) is 60.7 Å². The molecule has 46 heavy (non-hydrogen) atoms. The molecule has 9 rings (SSSR count). The van der Waals surface area contributed by atoms with E-state index >= 15 is 0 Å². The molecule has 0 saturated carbocycles. The van der Waals surface area contributed by atoms with E-state index in [1.807, 2.05) is 72.8 Å². The van der Waals surface area contributed by atoms with E-state index in [0.717, 1.165) is 81.3 Å². The van der Waals surface area contributed by atoms with Gasteiger partial charge in [0.2, 0.25) is 0 Å². The average Bonchev–Trinajstić information content (AvgIpc) is 3.66. The van der Waals surface area contributed by atoms with Gasteiger partial charge in [-0.05, 0) is 82.3 Å². The van der Waals surface area contributed by atoms with Crippen LogP contribution in [0.5, 0.6) is 11.5 Å². The Hall–Kier alpha value is -4.89. The zero-order chi connectivity index (χ0) is 30.9. The molecule has 6 aromatic rings. The SMILES string of the molecule is O=P1(O)Oc2c(-c3cccc(-c4ccccc4)c3)ccc3c2C2(CC3)CCc3ccc(-c4cccc(-c5ccccc5)c4)c(c32)O1. The Balaban J connectivity index is 1.25. The molecule has 0 bridgehead atoms. The van der Waals surface area contributed by atoms with Crippen molar-refractivity contribution in [3.05, 3.63) is 156 Å². The molecule has 0 radical (unpaired) electrons. The predicted octanol–water partition coefficient (Wildman–Crippen LogP) is 10.4. The second kappa shape index (κ2) is 10.3. The smallest absolute Gasteiger partial charge is 0.394 e. The monoisotopic (exact) mass is 618 g/mol. The van der Waals surface area contributed by atoms with Gasteiger partial charge in [0.05, 0.1) is 0 Å². The molecule has 0 amide bonds. The highest BCUT2D eigenvalue weighted by Gasteiger charge is 2.52. The van der Waals surface area contributed by atoms with Gasteiger partial charge in [0.25, 0.3) is 0 Å². The van der Waals surface area contributed by atoms with Crippen molar-refractivity contribution in [1.82, 2.24) is 0 Å². The van der Waals surface area contributed by atoms with Crippen molar-refractivity contribution >= 4 is 7.82 Å². The van der Waals surface area contributed by atoms with Crippen molar-refractivity contribution < 1.29 is 18.5 Å². The molecule has 0 unspecified atom stereocenters. The molecule has 0 atom stereocenters. The second-order valence-corrected chi connectivity index (χ2v) is 13.9. The summed E-state index contributed by atoms with van der Waals surface area (Å²) in [5.41, 5.74) is 11.9. The number of hydrogen-bond acceptors (Lipinski definition) is 3. The Morgan fingerprint density at radius 3 is 1.37 bits per heavy atom. The maximum absolute atomic E-state index is 14.1. The summed E-state index contributed by atoms with van der Waals surface area (Å²) in [4.78, 5) is 11.5. The number of aryl methyl sites for hydroxylation is 2. The standard InChI is InChI=1S/C41H31O4P/c42-46(43)44-39-35(33-15-7-13-31(25-33)27-9-3-1-4-10-27)19-17-29-21-23-41(37(29)39)24-22-30-18-20-36(40(45-46)38(30)41)34-16-8-14-32(26-34)28-11-5-2-6-12-28/h1-20,25-26H,21-24H2,(H,42,43). The van der Waals surface area contributed by atoms with Crippen LogP contribution in [0, 0.1) is 0 Å². The average molecular weight is 619 g/mol. The van der Waals surface area contributed by atoms with E-state index in [4.69, 9.17) is 9.05 Å². The van der Waals surface area contributed by atoms with Crippen LogP contribution < -0.4 is 9.05 Å².